The fourth-order valence-electron chi connectivity index (χ4n) is 3.75. The maximum absolute atomic E-state index is 13.0. The quantitative estimate of drug-likeness (QED) is 0.701. The molecule has 1 unspecified atom stereocenters. The summed E-state index contributed by atoms with van der Waals surface area (Å²) in [7, 11) is 3.94. The second kappa shape index (κ2) is 9.16. The number of hydrogen-bond acceptors (Lipinski definition) is 4. The number of ketones is 1. The van der Waals surface area contributed by atoms with E-state index in [0.29, 0.717) is 0 Å². The Hall–Kier alpha value is -2.17. The molecule has 1 atom stereocenters. The average molecular weight is 367 g/mol. The van der Waals surface area contributed by atoms with Crippen molar-refractivity contribution in [3.8, 4) is 0 Å². The minimum Gasteiger partial charge on any atom is -0.378 e. The van der Waals surface area contributed by atoms with E-state index in [4.69, 9.17) is 4.74 Å². The largest absolute Gasteiger partial charge is 0.378 e. The van der Waals surface area contributed by atoms with Crippen molar-refractivity contribution in [1.29, 1.82) is 0 Å². The highest BCUT2D eigenvalue weighted by atomic mass is 16.5. The lowest BCUT2D eigenvalue weighted by atomic mass is 9.93. The van der Waals surface area contributed by atoms with Crippen molar-refractivity contribution in [2.45, 2.75) is 25.8 Å². The van der Waals surface area contributed by atoms with Gasteiger partial charge in [-0.1, -0.05) is 43.3 Å². The lowest BCUT2D eigenvalue weighted by Crippen LogP contribution is -2.36. The van der Waals surface area contributed by atoms with E-state index in [-0.39, 0.29) is 11.8 Å². The third kappa shape index (κ3) is 4.76. The van der Waals surface area contributed by atoms with Gasteiger partial charge in [-0.15, -0.1) is 0 Å². The third-order valence-corrected chi connectivity index (χ3v) is 5.30. The number of benzene rings is 2. The highest BCUT2D eigenvalue weighted by Gasteiger charge is 2.22. The van der Waals surface area contributed by atoms with E-state index in [9.17, 15) is 4.79 Å². The van der Waals surface area contributed by atoms with Gasteiger partial charge in [-0.2, -0.15) is 0 Å². The highest BCUT2D eigenvalue weighted by molar-refractivity contribution is 6.01. The van der Waals surface area contributed by atoms with Crippen LogP contribution in [0.1, 0.15) is 34.8 Å². The van der Waals surface area contributed by atoms with Crippen LogP contribution in [-0.2, 0) is 11.2 Å². The number of anilines is 1. The highest BCUT2D eigenvalue weighted by Crippen LogP contribution is 2.21. The van der Waals surface area contributed by atoms with Crippen LogP contribution in [0.2, 0.25) is 0 Å². The molecular weight excluding hydrogens is 336 g/mol. The van der Waals surface area contributed by atoms with Crippen LogP contribution in [0.5, 0.6) is 0 Å². The van der Waals surface area contributed by atoms with Crippen LogP contribution in [0.15, 0.2) is 48.5 Å². The topological polar surface area (TPSA) is 32.8 Å². The van der Waals surface area contributed by atoms with Gasteiger partial charge >= 0.3 is 0 Å². The van der Waals surface area contributed by atoms with E-state index in [1.165, 1.54) is 11.3 Å². The van der Waals surface area contributed by atoms with Crippen LogP contribution in [-0.4, -0.2) is 57.1 Å². The van der Waals surface area contributed by atoms with Gasteiger partial charge in [0.15, 0.2) is 5.78 Å². The fraction of sp³-hybridized carbons (Fsp3) is 0.435. The smallest absolute Gasteiger partial charge is 0.180 e. The maximum Gasteiger partial charge on any atom is 0.180 e. The Kier molecular flexibility index (Phi) is 6.64. The second-order valence-corrected chi connectivity index (χ2v) is 7.35. The van der Waals surface area contributed by atoms with E-state index >= 15 is 0 Å². The van der Waals surface area contributed by atoms with Crippen molar-refractivity contribution >= 4 is 11.5 Å². The van der Waals surface area contributed by atoms with E-state index in [0.717, 1.165) is 50.3 Å². The van der Waals surface area contributed by atoms with Gasteiger partial charge < -0.3 is 9.64 Å². The number of rotatable bonds is 7. The molecule has 4 heteroatoms. The van der Waals surface area contributed by atoms with Crippen LogP contribution < -0.4 is 4.90 Å². The molecule has 0 N–H and O–H groups in total. The molecule has 4 nitrogen and oxygen atoms in total. The molecule has 0 bridgehead atoms. The molecule has 0 aromatic heterocycles. The molecule has 1 fully saturated rings. The molecular formula is C23H30N2O2. The first-order valence-corrected chi connectivity index (χ1v) is 9.80. The van der Waals surface area contributed by atoms with Crippen molar-refractivity contribution in [1.82, 2.24) is 4.90 Å². The van der Waals surface area contributed by atoms with E-state index in [2.05, 4.69) is 42.2 Å². The number of ether oxygens (including phenoxy) is 1. The number of morpholine rings is 1. The van der Waals surface area contributed by atoms with Crippen LogP contribution in [0.25, 0.3) is 0 Å². The summed E-state index contributed by atoms with van der Waals surface area (Å²) in [4.78, 5) is 17.4. The number of carbonyl (C=O) groups is 1. The predicted octanol–water partition coefficient (Wildman–Crippen LogP) is 3.64. The summed E-state index contributed by atoms with van der Waals surface area (Å²) >= 11 is 0. The molecule has 1 saturated heterocycles. The van der Waals surface area contributed by atoms with Crippen molar-refractivity contribution in [2.24, 2.45) is 0 Å². The SMILES string of the molecule is CCC(C(=O)c1ccccc1Cc1ccc(N2CCOCC2)cc1)N(C)C. The maximum atomic E-state index is 13.0. The van der Waals surface area contributed by atoms with Gasteiger partial charge in [-0.25, -0.2) is 0 Å². The van der Waals surface area contributed by atoms with Crippen molar-refractivity contribution in [2.75, 3.05) is 45.3 Å². The van der Waals surface area contributed by atoms with Crippen molar-refractivity contribution < 1.29 is 9.53 Å². The normalized spacial score (nSPS) is 15.8. The Labute approximate surface area is 162 Å². The van der Waals surface area contributed by atoms with Crippen LogP contribution in [0.3, 0.4) is 0 Å². The molecule has 0 saturated carbocycles. The Morgan fingerprint density at radius 3 is 2.37 bits per heavy atom. The van der Waals surface area contributed by atoms with Gasteiger partial charge in [0, 0.05) is 24.3 Å². The Bertz CT molecular complexity index is 749. The first-order valence-electron chi connectivity index (χ1n) is 9.80. The molecule has 2 aromatic carbocycles. The number of hydrogen-bond donors (Lipinski definition) is 0. The van der Waals surface area contributed by atoms with Crippen LogP contribution in [0, 0.1) is 0 Å². The van der Waals surface area contributed by atoms with E-state index in [1.54, 1.807) is 0 Å². The molecule has 1 heterocycles. The Morgan fingerprint density at radius 1 is 1.07 bits per heavy atom. The summed E-state index contributed by atoms with van der Waals surface area (Å²) in [6.07, 6.45) is 1.59. The van der Waals surface area contributed by atoms with E-state index in [1.807, 2.05) is 37.2 Å². The lowest BCUT2D eigenvalue weighted by molar-refractivity contribution is 0.0870. The molecule has 0 spiro atoms. The monoisotopic (exact) mass is 366 g/mol. The molecule has 3 rings (SSSR count). The van der Waals surface area contributed by atoms with E-state index < -0.39 is 0 Å². The van der Waals surface area contributed by atoms with Crippen molar-refractivity contribution in [3.63, 3.8) is 0 Å². The van der Waals surface area contributed by atoms with Crippen molar-refractivity contribution in [3.05, 3.63) is 65.2 Å². The summed E-state index contributed by atoms with van der Waals surface area (Å²) in [5.41, 5.74) is 4.41. The fourth-order valence-corrected chi connectivity index (χ4v) is 3.75. The standard InChI is InChI=1S/C23H30N2O2/c1-4-22(24(2)3)23(26)21-8-6-5-7-19(21)17-18-9-11-20(12-10-18)25-13-15-27-16-14-25/h5-12,22H,4,13-17H2,1-3H3. The summed E-state index contributed by atoms with van der Waals surface area (Å²) < 4.78 is 5.43. The summed E-state index contributed by atoms with van der Waals surface area (Å²) in [6, 6.07) is 16.7. The van der Waals surface area contributed by atoms with Gasteiger partial charge in [0.25, 0.3) is 0 Å². The summed E-state index contributed by atoms with van der Waals surface area (Å²) in [5.74, 6) is 0.211. The van der Waals surface area contributed by atoms with Gasteiger partial charge in [0.1, 0.15) is 0 Å². The van der Waals surface area contributed by atoms with Crippen LogP contribution in [0.4, 0.5) is 5.69 Å². The average Bonchev–Trinajstić information content (AvgIpc) is 2.70. The first kappa shape index (κ1) is 19.6. The van der Waals surface area contributed by atoms with Gasteiger partial charge in [0.2, 0.25) is 0 Å². The molecule has 2 aromatic rings. The molecule has 0 radical (unpaired) electrons. The zero-order valence-corrected chi connectivity index (χ0v) is 16.6. The minimum absolute atomic E-state index is 0.0742. The molecule has 1 aliphatic rings. The summed E-state index contributed by atoms with van der Waals surface area (Å²) in [6.45, 7) is 5.54. The van der Waals surface area contributed by atoms with Gasteiger partial charge in [0.05, 0.1) is 19.3 Å². The van der Waals surface area contributed by atoms with Gasteiger partial charge in [-0.3, -0.25) is 9.69 Å². The zero-order chi connectivity index (χ0) is 19.2. The van der Waals surface area contributed by atoms with Crippen LogP contribution >= 0.6 is 0 Å². The van der Waals surface area contributed by atoms with Gasteiger partial charge in [-0.05, 0) is 50.2 Å². The summed E-state index contributed by atoms with van der Waals surface area (Å²) in [5, 5.41) is 0. The number of carbonyl (C=O) groups excluding carboxylic acids is 1. The molecule has 144 valence electrons. The number of nitrogens with zero attached hydrogens (tertiary/aromatic N) is 2. The molecule has 0 aliphatic carbocycles. The number of Topliss-reactive ketones (excluding diaryl/α,β-unsaturated/α-hetero) is 1. The molecule has 0 amide bonds. The molecule has 1 aliphatic heterocycles. The Balaban J connectivity index is 1.77. The first-order chi connectivity index (χ1) is 13.1. The molecule has 27 heavy (non-hydrogen) atoms. The zero-order valence-electron chi connectivity index (χ0n) is 16.6. The third-order valence-electron chi connectivity index (χ3n) is 5.30. The second-order valence-electron chi connectivity index (χ2n) is 7.35. The predicted molar refractivity (Wildman–Crippen MR) is 111 cm³/mol. The lowest BCUT2D eigenvalue weighted by Gasteiger charge is -2.29. The minimum atomic E-state index is -0.0742. The Morgan fingerprint density at radius 2 is 1.74 bits per heavy atom. The number of likely N-dealkylation sites (N-methyl/N-ethyl adjacent to an activating group) is 1.